The van der Waals surface area contributed by atoms with Crippen LogP contribution in [0.2, 0.25) is 0 Å². The summed E-state index contributed by atoms with van der Waals surface area (Å²) in [5.74, 6) is 0.0394. The number of hydrogen-bond donors (Lipinski definition) is 1. The quantitative estimate of drug-likeness (QED) is 0.587. The lowest BCUT2D eigenvalue weighted by atomic mass is 10.3. The van der Waals surface area contributed by atoms with E-state index < -0.39 is 0 Å². The molecule has 2 nitrogen and oxygen atoms in total. The number of aliphatic hydroxyl groups is 1. The normalized spacial score (nSPS) is 7.00. The lowest BCUT2D eigenvalue weighted by Gasteiger charge is -1.80. The van der Waals surface area contributed by atoms with Gasteiger partial charge in [0.25, 0.3) is 0 Å². The second-order valence-corrected chi connectivity index (χ2v) is 1.18. The highest BCUT2D eigenvalue weighted by atomic mass is 16.3. The first kappa shape index (κ1) is 10.6. The van der Waals surface area contributed by atoms with Crippen molar-refractivity contribution in [2.24, 2.45) is 0 Å². The van der Waals surface area contributed by atoms with Crippen molar-refractivity contribution < 1.29 is 9.90 Å². The maximum Gasteiger partial charge on any atom is 0.132 e. The maximum absolute atomic E-state index is 9.88. The number of hydrogen-bond acceptors (Lipinski definition) is 2. The first-order chi connectivity index (χ1) is 3.77. The molecule has 0 radical (unpaired) electrons. The molecule has 1 N–H and O–H groups in total. The molecule has 0 aliphatic heterocycles. The van der Waals surface area contributed by atoms with E-state index in [0.29, 0.717) is 6.42 Å². The van der Waals surface area contributed by atoms with Crippen LogP contribution in [0, 0.1) is 0 Å². The van der Waals surface area contributed by atoms with Gasteiger partial charge in [-0.1, -0.05) is 13.8 Å². The van der Waals surface area contributed by atoms with Crippen LogP contribution in [0.1, 0.15) is 27.2 Å². The molecule has 0 spiro atoms. The van der Waals surface area contributed by atoms with Crippen molar-refractivity contribution in [2.45, 2.75) is 27.2 Å². The minimum Gasteiger partial charge on any atom is -0.396 e. The fourth-order valence-corrected chi connectivity index (χ4v) is 0.157. The Morgan fingerprint density at radius 1 is 1.50 bits per heavy atom. The van der Waals surface area contributed by atoms with Crippen LogP contribution in [0.15, 0.2) is 0 Å². The first-order valence-corrected chi connectivity index (χ1v) is 2.87. The summed E-state index contributed by atoms with van der Waals surface area (Å²) in [6.45, 7) is 5.44. The number of aliphatic hydroxyl groups excluding tert-OH is 1. The van der Waals surface area contributed by atoms with Gasteiger partial charge in [-0.05, 0) is 6.92 Å². The fourth-order valence-electron chi connectivity index (χ4n) is 0.157. The molecule has 0 aliphatic rings. The smallest absolute Gasteiger partial charge is 0.132 e. The Bertz CT molecular complexity index is 50.5. The molecule has 0 saturated carbocycles. The van der Waals surface area contributed by atoms with Gasteiger partial charge in [-0.25, -0.2) is 0 Å². The number of rotatable bonds is 2. The van der Waals surface area contributed by atoms with Crippen LogP contribution in [0.5, 0.6) is 0 Å². The van der Waals surface area contributed by atoms with E-state index in [2.05, 4.69) is 0 Å². The summed E-state index contributed by atoms with van der Waals surface area (Å²) >= 11 is 0. The fraction of sp³-hybridized carbons (Fsp3) is 0.833. The molecule has 0 fully saturated rings. The van der Waals surface area contributed by atoms with Crippen LogP contribution < -0.4 is 0 Å². The lowest BCUT2D eigenvalue weighted by Crippen LogP contribution is -1.92. The molecule has 2 heteroatoms. The summed E-state index contributed by atoms with van der Waals surface area (Å²) in [6.07, 6.45) is 0.292. The van der Waals surface area contributed by atoms with Crippen molar-refractivity contribution in [1.29, 1.82) is 0 Å². The molecule has 0 heterocycles. The lowest BCUT2D eigenvalue weighted by molar-refractivity contribution is -0.117. The van der Waals surface area contributed by atoms with Gasteiger partial charge in [-0.15, -0.1) is 0 Å². The third-order valence-electron chi connectivity index (χ3n) is 0.464. The van der Waals surface area contributed by atoms with Gasteiger partial charge in [0.2, 0.25) is 0 Å². The Morgan fingerprint density at radius 3 is 1.88 bits per heavy atom. The molecule has 0 aliphatic carbocycles. The second kappa shape index (κ2) is 9.80. The van der Waals surface area contributed by atoms with Crippen molar-refractivity contribution in [3.8, 4) is 0 Å². The summed E-state index contributed by atoms with van der Waals surface area (Å²) in [7, 11) is 0. The van der Waals surface area contributed by atoms with Crippen molar-refractivity contribution >= 4 is 5.78 Å². The third kappa shape index (κ3) is 17.4. The van der Waals surface area contributed by atoms with E-state index in [1.165, 1.54) is 6.92 Å². The third-order valence-corrected chi connectivity index (χ3v) is 0.464. The first-order valence-electron chi connectivity index (χ1n) is 2.87. The summed E-state index contributed by atoms with van der Waals surface area (Å²) in [5, 5.41) is 8.02. The topological polar surface area (TPSA) is 37.3 Å². The van der Waals surface area contributed by atoms with E-state index in [1.54, 1.807) is 0 Å². The molecule has 50 valence electrons. The molecule has 8 heavy (non-hydrogen) atoms. The van der Waals surface area contributed by atoms with Gasteiger partial charge in [-0.2, -0.15) is 0 Å². The zero-order valence-corrected chi connectivity index (χ0v) is 5.77. The van der Waals surface area contributed by atoms with Crippen LogP contribution >= 0.6 is 0 Å². The number of Topliss-reactive ketones (excluding diaryl/α,β-unsaturated/α-hetero) is 1. The highest BCUT2D eigenvalue weighted by molar-refractivity contribution is 5.75. The SMILES string of the molecule is CC.CC(=O)CCO. The second-order valence-electron chi connectivity index (χ2n) is 1.18. The van der Waals surface area contributed by atoms with Crippen molar-refractivity contribution in [2.75, 3.05) is 6.61 Å². The van der Waals surface area contributed by atoms with E-state index in [4.69, 9.17) is 5.11 Å². The van der Waals surface area contributed by atoms with E-state index in [0.717, 1.165) is 0 Å². The number of ketones is 1. The van der Waals surface area contributed by atoms with Crippen LogP contribution in [0.25, 0.3) is 0 Å². The minimum absolute atomic E-state index is 0.0185. The molecule has 0 rings (SSSR count). The Hall–Kier alpha value is -0.370. The van der Waals surface area contributed by atoms with Crippen molar-refractivity contribution in [3.05, 3.63) is 0 Å². The van der Waals surface area contributed by atoms with Crippen LogP contribution in [0.3, 0.4) is 0 Å². The van der Waals surface area contributed by atoms with Gasteiger partial charge in [0, 0.05) is 13.0 Å². The van der Waals surface area contributed by atoms with Crippen molar-refractivity contribution in [1.82, 2.24) is 0 Å². The van der Waals surface area contributed by atoms with Gasteiger partial charge < -0.3 is 5.11 Å². The Balaban J connectivity index is 0. The van der Waals surface area contributed by atoms with Crippen LogP contribution in [-0.2, 0) is 4.79 Å². The Morgan fingerprint density at radius 2 is 1.88 bits per heavy atom. The van der Waals surface area contributed by atoms with Gasteiger partial charge >= 0.3 is 0 Å². The highest BCUT2D eigenvalue weighted by Crippen LogP contribution is 1.74. The molecule has 0 amide bonds. The largest absolute Gasteiger partial charge is 0.396 e. The van der Waals surface area contributed by atoms with Crippen LogP contribution in [0.4, 0.5) is 0 Å². The zero-order chi connectivity index (χ0) is 6.99. The standard InChI is InChI=1S/C4H8O2.C2H6/c1-4(6)2-3-5;1-2/h5H,2-3H2,1H3;1-2H3. The molecular weight excluding hydrogens is 104 g/mol. The Kier molecular flexibility index (Phi) is 13.0. The molecule has 0 aromatic rings. The Labute approximate surface area is 50.5 Å². The molecule has 0 saturated heterocycles. The highest BCUT2D eigenvalue weighted by Gasteiger charge is 1.84. The van der Waals surface area contributed by atoms with Crippen molar-refractivity contribution in [3.63, 3.8) is 0 Å². The maximum atomic E-state index is 9.88. The number of carbonyl (C=O) groups excluding carboxylic acids is 1. The van der Waals surface area contributed by atoms with E-state index in [1.807, 2.05) is 13.8 Å². The molecule has 0 unspecified atom stereocenters. The van der Waals surface area contributed by atoms with Crippen LogP contribution in [-0.4, -0.2) is 17.5 Å². The number of carbonyl (C=O) groups is 1. The monoisotopic (exact) mass is 118 g/mol. The molecule has 0 atom stereocenters. The summed E-state index contributed by atoms with van der Waals surface area (Å²) in [6, 6.07) is 0. The molecule has 0 aromatic heterocycles. The van der Waals surface area contributed by atoms with Gasteiger partial charge in [-0.3, -0.25) is 4.79 Å². The summed E-state index contributed by atoms with van der Waals surface area (Å²) in [4.78, 5) is 9.88. The predicted molar refractivity (Wildman–Crippen MR) is 33.7 cm³/mol. The molecular formula is C6H14O2. The minimum atomic E-state index is -0.0185. The summed E-state index contributed by atoms with van der Waals surface area (Å²) < 4.78 is 0. The van der Waals surface area contributed by atoms with E-state index >= 15 is 0 Å². The molecule has 0 bridgehead atoms. The summed E-state index contributed by atoms with van der Waals surface area (Å²) in [5.41, 5.74) is 0. The van der Waals surface area contributed by atoms with Gasteiger partial charge in [0.1, 0.15) is 5.78 Å². The zero-order valence-electron chi connectivity index (χ0n) is 5.77. The van der Waals surface area contributed by atoms with Gasteiger partial charge in [0.05, 0.1) is 0 Å². The molecule has 0 aromatic carbocycles. The van der Waals surface area contributed by atoms with E-state index in [9.17, 15) is 4.79 Å². The predicted octanol–water partition coefficient (Wildman–Crippen LogP) is 0.984. The van der Waals surface area contributed by atoms with Gasteiger partial charge in [0.15, 0.2) is 0 Å². The average Bonchev–Trinajstić information content (AvgIpc) is 1.72. The average molecular weight is 118 g/mol. The van der Waals surface area contributed by atoms with E-state index in [-0.39, 0.29) is 12.4 Å².